The summed E-state index contributed by atoms with van der Waals surface area (Å²) in [6, 6.07) is 15.0. The number of hydrogen-bond donors (Lipinski definition) is 0. The molecule has 0 aliphatic rings. The van der Waals surface area contributed by atoms with Crippen LogP contribution in [0.5, 0.6) is 5.75 Å². The molecule has 0 radical (unpaired) electrons. The van der Waals surface area contributed by atoms with Gasteiger partial charge in [0.15, 0.2) is 17.4 Å². The zero-order valence-corrected chi connectivity index (χ0v) is 15.3. The van der Waals surface area contributed by atoms with E-state index in [1.54, 1.807) is 0 Å². The largest absolute Gasteiger partial charge is 0.461 e. The molecule has 29 heavy (non-hydrogen) atoms. The maximum Gasteiger partial charge on any atom is 0.311 e. The van der Waals surface area contributed by atoms with Gasteiger partial charge < -0.3 is 9.47 Å². The zero-order chi connectivity index (χ0) is 20.8. The molecule has 0 N–H and O–H groups in total. The molecule has 0 spiro atoms. The van der Waals surface area contributed by atoms with E-state index in [4.69, 9.17) is 4.74 Å². The Bertz CT molecular complexity index is 1050. The summed E-state index contributed by atoms with van der Waals surface area (Å²) in [5.41, 5.74) is 0.838. The summed E-state index contributed by atoms with van der Waals surface area (Å²) >= 11 is 0. The van der Waals surface area contributed by atoms with Gasteiger partial charge in [0.1, 0.15) is 6.61 Å². The molecule has 0 unspecified atom stereocenters. The highest BCUT2D eigenvalue weighted by molar-refractivity contribution is 5.83. The molecule has 0 atom stereocenters. The number of fused-ring (bicyclic) bond motifs is 1. The van der Waals surface area contributed by atoms with Crippen molar-refractivity contribution in [1.82, 2.24) is 0 Å². The Morgan fingerprint density at radius 1 is 0.793 bits per heavy atom. The lowest BCUT2D eigenvalue weighted by Crippen LogP contribution is -2.11. The second kappa shape index (κ2) is 9.23. The molecule has 7 heteroatoms. The monoisotopic (exact) mass is 402 g/mol. The van der Waals surface area contributed by atoms with Gasteiger partial charge in [0, 0.05) is 12.8 Å². The fourth-order valence-corrected chi connectivity index (χ4v) is 2.70. The fraction of sp³-hybridized carbons (Fsp3) is 0.182. The first-order chi connectivity index (χ1) is 13.9. The van der Waals surface area contributed by atoms with Crippen molar-refractivity contribution in [3.63, 3.8) is 0 Å². The molecule has 0 fully saturated rings. The van der Waals surface area contributed by atoms with E-state index in [2.05, 4.69) is 4.74 Å². The minimum Gasteiger partial charge on any atom is -0.461 e. The first-order valence-corrected chi connectivity index (χ1v) is 8.91. The standard InChI is InChI=1S/C22H17F3O4/c23-17-10-11-18(22(25)21(17)24)29-20(27)7-3-6-19(26)28-13-14-8-9-15-4-1-2-5-16(15)12-14/h1-2,4-5,8-12H,3,6-7,13H2. The van der Waals surface area contributed by atoms with Crippen molar-refractivity contribution in [1.29, 1.82) is 0 Å². The van der Waals surface area contributed by atoms with Gasteiger partial charge in [0.25, 0.3) is 0 Å². The van der Waals surface area contributed by atoms with Crippen LogP contribution in [-0.2, 0) is 20.9 Å². The van der Waals surface area contributed by atoms with Gasteiger partial charge in [-0.1, -0.05) is 36.4 Å². The zero-order valence-electron chi connectivity index (χ0n) is 15.3. The number of esters is 2. The second-order valence-electron chi connectivity index (χ2n) is 6.34. The Morgan fingerprint density at radius 3 is 2.31 bits per heavy atom. The van der Waals surface area contributed by atoms with Crippen LogP contribution in [0.2, 0.25) is 0 Å². The van der Waals surface area contributed by atoms with Crippen molar-refractivity contribution in [2.45, 2.75) is 25.9 Å². The first-order valence-electron chi connectivity index (χ1n) is 8.91. The van der Waals surface area contributed by atoms with Crippen LogP contribution in [0.25, 0.3) is 10.8 Å². The molecule has 0 bridgehead atoms. The summed E-state index contributed by atoms with van der Waals surface area (Å²) in [6.45, 7) is 0.105. The molecule has 0 aromatic heterocycles. The summed E-state index contributed by atoms with van der Waals surface area (Å²) in [5, 5.41) is 2.12. The number of rotatable bonds is 7. The summed E-state index contributed by atoms with van der Waals surface area (Å²) in [4.78, 5) is 23.5. The molecular formula is C22H17F3O4. The van der Waals surface area contributed by atoms with Crippen LogP contribution in [0.1, 0.15) is 24.8 Å². The Hall–Kier alpha value is -3.35. The van der Waals surface area contributed by atoms with E-state index in [0.717, 1.165) is 22.4 Å². The number of halogens is 3. The van der Waals surface area contributed by atoms with E-state index < -0.39 is 35.1 Å². The third-order valence-electron chi connectivity index (χ3n) is 4.20. The Balaban J connectivity index is 1.42. The van der Waals surface area contributed by atoms with Gasteiger partial charge in [-0.2, -0.15) is 4.39 Å². The predicted molar refractivity (Wildman–Crippen MR) is 99.5 cm³/mol. The van der Waals surface area contributed by atoms with Crippen LogP contribution < -0.4 is 4.74 Å². The van der Waals surface area contributed by atoms with Crippen LogP contribution in [0, 0.1) is 17.5 Å². The lowest BCUT2D eigenvalue weighted by Gasteiger charge is -2.07. The van der Waals surface area contributed by atoms with E-state index in [1.165, 1.54) is 0 Å². The fourth-order valence-electron chi connectivity index (χ4n) is 2.70. The molecule has 4 nitrogen and oxygen atoms in total. The van der Waals surface area contributed by atoms with E-state index >= 15 is 0 Å². The quantitative estimate of drug-likeness (QED) is 0.314. The van der Waals surface area contributed by atoms with Crippen LogP contribution >= 0.6 is 0 Å². The van der Waals surface area contributed by atoms with Gasteiger partial charge in [0.05, 0.1) is 0 Å². The molecule has 3 aromatic carbocycles. The lowest BCUT2D eigenvalue weighted by atomic mass is 10.1. The van der Waals surface area contributed by atoms with Crippen LogP contribution in [-0.4, -0.2) is 11.9 Å². The Kier molecular flexibility index (Phi) is 6.49. The van der Waals surface area contributed by atoms with Crippen LogP contribution in [0.15, 0.2) is 54.6 Å². The number of hydrogen-bond acceptors (Lipinski definition) is 4. The highest BCUT2D eigenvalue weighted by Gasteiger charge is 2.17. The summed E-state index contributed by atoms with van der Waals surface area (Å²) in [5.74, 6) is -6.73. The SMILES string of the molecule is O=C(CCCC(=O)Oc1ccc(F)c(F)c1F)OCc1ccc2ccccc2c1. The molecule has 0 aliphatic heterocycles. The van der Waals surface area contributed by atoms with Crippen molar-refractivity contribution >= 4 is 22.7 Å². The number of carbonyl (C=O) groups excluding carboxylic acids is 2. The van der Waals surface area contributed by atoms with E-state index in [9.17, 15) is 22.8 Å². The van der Waals surface area contributed by atoms with Crippen LogP contribution in [0.4, 0.5) is 13.2 Å². The maximum absolute atomic E-state index is 13.5. The molecule has 0 heterocycles. The van der Waals surface area contributed by atoms with Gasteiger partial charge in [-0.15, -0.1) is 0 Å². The Morgan fingerprint density at radius 2 is 1.52 bits per heavy atom. The molecule has 0 amide bonds. The van der Waals surface area contributed by atoms with Crippen LogP contribution in [0.3, 0.4) is 0 Å². The average Bonchev–Trinajstić information content (AvgIpc) is 2.72. The van der Waals surface area contributed by atoms with Crippen molar-refractivity contribution in [3.05, 3.63) is 77.6 Å². The van der Waals surface area contributed by atoms with E-state index in [-0.39, 0.29) is 25.9 Å². The van der Waals surface area contributed by atoms with Gasteiger partial charge in [-0.3, -0.25) is 9.59 Å². The molecule has 150 valence electrons. The summed E-state index contributed by atoms with van der Waals surface area (Å²) in [7, 11) is 0. The second-order valence-corrected chi connectivity index (χ2v) is 6.34. The predicted octanol–water partition coefficient (Wildman–Crippen LogP) is 5.08. The minimum atomic E-state index is -1.72. The maximum atomic E-state index is 13.5. The summed E-state index contributed by atoms with van der Waals surface area (Å²) in [6.07, 6.45) is -0.132. The topological polar surface area (TPSA) is 52.6 Å². The minimum absolute atomic E-state index is 0.0387. The highest BCUT2D eigenvalue weighted by Crippen LogP contribution is 2.22. The van der Waals surface area contributed by atoms with Crippen molar-refractivity contribution < 1.29 is 32.2 Å². The third-order valence-corrected chi connectivity index (χ3v) is 4.20. The molecule has 0 saturated carbocycles. The van der Waals surface area contributed by atoms with Gasteiger partial charge >= 0.3 is 11.9 Å². The molecular weight excluding hydrogens is 385 g/mol. The average molecular weight is 402 g/mol. The van der Waals surface area contributed by atoms with E-state index in [1.807, 2.05) is 42.5 Å². The smallest absolute Gasteiger partial charge is 0.311 e. The first kappa shape index (κ1) is 20.4. The van der Waals surface area contributed by atoms with Gasteiger partial charge in [-0.05, 0) is 41.0 Å². The number of ether oxygens (including phenoxy) is 2. The van der Waals surface area contributed by atoms with Gasteiger partial charge in [0.2, 0.25) is 5.82 Å². The lowest BCUT2D eigenvalue weighted by molar-refractivity contribution is -0.145. The molecule has 3 rings (SSSR count). The normalized spacial score (nSPS) is 10.7. The molecule has 0 saturated heterocycles. The summed E-state index contributed by atoms with van der Waals surface area (Å²) < 4.78 is 49.3. The van der Waals surface area contributed by atoms with E-state index in [0.29, 0.717) is 6.07 Å². The van der Waals surface area contributed by atoms with Crippen molar-refractivity contribution in [2.24, 2.45) is 0 Å². The Labute approximate surface area is 164 Å². The van der Waals surface area contributed by atoms with Crippen molar-refractivity contribution in [3.8, 4) is 5.75 Å². The van der Waals surface area contributed by atoms with Crippen molar-refractivity contribution in [2.75, 3.05) is 0 Å². The number of carbonyl (C=O) groups is 2. The molecule has 3 aromatic rings. The highest BCUT2D eigenvalue weighted by atomic mass is 19.2. The third kappa shape index (κ3) is 5.34. The number of benzene rings is 3. The van der Waals surface area contributed by atoms with Gasteiger partial charge in [-0.25, -0.2) is 8.78 Å². The molecule has 0 aliphatic carbocycles.